The largest absolute Gasteiger partial charge is 0.379 e. The van der Waals surface area contributed by atoms with Gasteiger partial charge in [-0.2, -0.15) is 0 Å². The highest BCUT2D eigenvalue weighted by Crippen LogP contribution is 2.02. The predicted octanol–water partition coefficient (Wildman–Crippen LogP) is 1.51. The Labute approximate surface area is 130 Å². The summed E-state index contributed by atoms with van der Waals surface area (Å²) in [6, 6.07) is 6.42. The fourth-order valence-corrected chi connectivity index (χ4v) is 2.35. The summed E-state index contributed by atoms with van der Waals surface area (Å²) in [6.07, 6.45) is 1.05. The maximum absolute atomic E-state index is 12.8. The summed E-state index contributed by atoms with van der Waals surface area (Å²) >= 11 is 5.22. The summed E-state index contributed by atoms with van der Waals surface area (Å²) in [5.41, 5.74) is 1.01. The summed E-state index contributed by atoms with van der Waals surface area (Å²) in [6.45, 7) is 6.25. The Morgan fingerprint density at radius 2 is 1.90 bits per heavy atom. The van der Waals surface area contributed by atoms with Crippen molar-refractivity contribution in [3.05, 3.63) is 35.6 Å². The Bertz CT molecular complexity index is 435. The van der Waals surface area contributed by atoms with Crippen molar-refractivity contribution in [2.24, 2.45) is 0 Å². The van der Waals surface area contributed by atoms with Crippen LogP contribution in [0.2, 0.25) is 0 Å². The zero-order valence-corrected chi connectivity index (χ0v) is 12.9. The number of ether oxygens (including phenoxy) is 1. The van der Waals surface area contributed by atoms with Crippen molar-refractivity contribution in [2.75, 3.05) is 39.4 Å². The molecule has 1 aromatic carbocycles. The van der Waals surface area contributed by atoms with E-state index >= 15 is 0 Å². The van der Waals surface area contributed by atoms with Gasteiger partial charge in [0.2, 0.25) is 0 Å². The lowest BCUT2D eigenvalue weighted by molar-refractivity contribution is 0.0376. The van der Waals surface area contributed by atoms with Crippen molar-refractivity contribution >= 4 is 17.3 Å². The van der Waals surface area contributed by atoms with E-state index in [1.54, 1.807) is 12.1 Å². The molecule has 1 heterocycles. The quantitative estimate of drug-likeness (QED) is 0.615. The number of thiocarbonyl (C=S) groups is 1. The second kappa shape index (κ2) is 8.92. The van der Waals surface area contributed by atoms with Crippen LogP contribution < -0.4 is 10.6 Å². The molecule has 1 saturated heterocycles. The minimum Gasteiger partial charge on any atom is -0.379 e. The van der Waals surface area contributed by atoms with Crippen molar-refractivity contribution in [3.8, 4) is 0 Å². The fraction of sp³-hybridized carbons (Fsp3) is 0.533. The molecule has 1 aliphatic rings. The number of hydrogen-bond acceptors (Lipinski definition) is 3. The van der Waals surface area contributed by atoms with E-state index in [-0.39, 0.29) is 5.82 Å². The van der Waals surface area contributed by atoms with Gasteiger partial charge in [-0.3, -0.25) is 4.90 Å². The second-order valence-electron chi connectivity index (χ2n) is 5.04. The van der Waals surface area contributed by atoms with E-state index in [9.17, 15) is 4.39 Å². The number of morpholine rings is 1. The molecular weight excluding hydrogens is 289 g/mol. The molecule has 116 valence electrons. The van der Waals surface area contributed by atoms with Crippen LogP contribution in [0.25, 0.3) is 0 Å². The first-order chi connectivity index (χ1) is 10.2. The molecule has 0 unspecified atom stereocenters. The first-order valence-corrected chi connectivity index (χ1v) is 7.71. The van der Waals surface area contributed by atoms with E-state index < -0.39 is 0 Å². The zero-order valence-electron chi connectivity index (χ0n) is 12.1. The smallest absolute Gasteiger partial charge is 0.166 e. The lowest BCUT2D eigenvalue weighted by Gasteiger charge is -2.26. The van der Waals surface area contributed by atoms with E-state index in [0.717, 1.165) is 51.4 Å². The lowest BCUT2D eigenvalue weighted by atomic mass is 10.2. The van der Waals surface area contributed by atoms with Crippen LogP contribution in [0.1, 0.15) is 12.0 Å². The van der Waals surface area contributed by atoms with Gasteiger partial charge in [-0.25, -0.2) is 4.39 Å². The molecular formula is C15H22FN3OS. The molecule has 2 N–H and O–H groups in total. The van der Waals surface area contributed by atoms with Crippen molar-refractivity contribution in [3.63, 3.8) is 0 Å². The van der Waals surface area contributed by atoms with E-state index in [4.69, 9.17) is 17.0 Å². The standard InChI is InChI=1S/C15H22FN3OS/c16-14-4-2-13(3-5-14)12-18-15(21)17-6-1-7-19-8-10-20-11-9-19/h2-5H,1,6-12H2,(H2,17,18,21). The molecule has 0 amide bonds. The van der Waals surface area contributed by atoms with Gasteiger partial charge in [-0.05, 0) is 42.9 Å². The minimum atomic E-state index is -0.220. The summed E-state index contributed by atoms with van der Waals surface area (Å²) in [5.74, 6) is -0.220. The molecule has 6 heteroatoms. The van der Waals surface area contributed by atoms with Crippen LogP contribution in [0.4, 0.5) is 4.39 Å². The monoisotopic (exact) mass is 311 g/mol. The first kappa shape index (κ1) is 16.1. The highest BCUT2D eigenvalue weighted by molar-refractivity contribution is 7.80. The number of nitrogens with one attached hydrogen (secondary N) is 2. The molecule has 0 aliphatic carbocycles. The van der Waals surface area contributed by atoms with Gasteiger partial charge in [0.1, 0.15) is 5.82 Å². The van der Waals surface area contributed by atoms with Crippen LogP contribution in [0.3, 0.4) is 0 Å². The molecule has 0 aromatic heterocycles. The molecule has 0 saturated carbocycles. The Morgan fingerprint density at radius 1 is 1.19 bits per heavy atom. The highest BCUT2D eigenvalue weighted by atomic mass is 32.1. The van der Waals surface area contributed by atoms with E-state index in [2.05, 4.69) is 15.5 Å². The van der Waals surface area contributed by atoms with Gasteiger partial charge in [-0.15, -0.1) is 0 Å². The third kappa shape index (κ3) is 6.37. The van der Waals surface area contributed by atoms with Crippen molar-refractivity contribution in [1.29, 1.82) is 0 Å². The maximum atomic E-state index is 12.8. The normalized spacial score (nSPS) is 15.7. The number of hydrogen-bond donors (Lipinski definition) is 2. The molecule has 4 nitrogen and oxygen atoms in total. The van der Waals surface area contributed by atoms with Crippen molar-refractivity contribution in [2.45, 2.75) is 13.0 Å². The molecule has 0 radical (unpaired) electrons. The molecule has 1 aromatic rings. The van der Waals surface area contributed by atoms with E-state index in [1.807, 2.05) is 0 Å². The van der Waals surface area contributed by atoms with Gasteiger partial charge >= 0.3 is 0 Å². The number of benzene rings is 1. The van der Waals surface area contributed by atoms with Gasteiger partial charge in [0.05, 0.1) is 13.2 Å². The van der Waals surface area contributed by atoms with Crippen LogP contribution in [0.15, 0.2) is 24.3 Å². The van der Waals surface area contributed by atoms with Crippen LogP contribution >= 0.6 is 12.2 Å². The van der Waals surface area contributed by atoms with Gasteiger partial charge in [-0.1, -0.05) is 12.1 Å². The van der Waals surface area contributed by atoms with E-state index in [0.29, 0.717) is 11.7 Å². The molecule has 0 spiro atoms. The van der Waals surface area contributed by atoms with Crippen LogP contribution in [0.5, 0.6) is 0 Å². The van der Waals surface area contributed by atoms with Crippen LogP contribution in [-0.2, 0) is 11.3 Å². The predicted molar refractivity (Wildman–Crippen MR) is 85.7 cm³/mol. The highest BCUT2D eigenvalue weighted by Gasteiger charge is 2.09. The average Bonchev–Trinajstić information content (AvgIpc) is 2.52. The summed E-state index contributed by atoms with van der Waals surface area (Å²) in [7, 11) is 0. The molecule has 1 aliphatic heterocycles. The molecule has 1 fully saturated rings. The van der Waals surface area contributed by atoms with Gasteiger partial charge in [0, 0.05) is 26.2 Å². The Hall–Kier alpha value is -1.24. The first-order valence-electron chi connectivity index (χ1n) is 7.30. The molecule has 0 bridgehead atoms. The van der Waals surface area contributed by atoms with Crippen molar-refractivity contribution in [1.82, 2.24) is 15.5 Å². The Balaban J connectivity index is 1.54. The Morgan fingerprint density at radius 3 is 2.62 bits per heavy atom. The zero-order chi connectivity index (χ0) is 14.9. The summed E-state index contributed by atoms with van der Waals surface area (Å²) in [4.78, 5) is 2.40. The van der Waals surface area contributed by atoms with Gasteiger partial charge in [0.15, 0.2) is 5.11 Å². The summed E-state index contributed by atoms with van der Waals surface area (Å²) in [5, 5.41) is 6.95. The minimum absolute atomic E-state index is 0.220. The topological polar surface area (TPSA) is 36.5 Å². The SMILES string of the molecule is Fc1ccc(CNC(=S)NCCCN2CCOCC2)cc1. The van der Waals surface area contributed by atoms with Gasteiger partial charge in [0.25, 0.3) is 0 Å². The lowest BCUT2D eigenvalue weighted by Crippen LogP contribution is -2.39. The average molecular weight is 311 g/mol. The number of halogens is 1. The third-order valence-corrected chi connectivity index (χ3v) is 3.70. The van der Waals surface area contributed by atoms with Crippen LogP contribution in [0, 0.1) is 5.82 Å². The maximum Gasteiger partial charge on any atom is 0.166 e. The van der Waals surface area contributed by atoms with Crippen molar-refractivity contribution < 1.29 is 9.13 Å². The molecule has 0 atom stereocenters. The van der Waals surface area contributed by atoms with E-state index in [1.165, 1.54) is 12.1 Å². The Kier molecular flexibility index (Phi) is 6.85. The second-order valence-corrected chi connectivity index (χ2v) is 5.45. The van der Waals surface area contributed by atoms with Crippen LogP contribution in [-0.4, -0.2) is 49.4 Å². The summed E-state index contributed by atoms with van der Waals surface area (Å²) < 4.78 is 18.1. The molecule has 21 heavy (non-hydrogen) atoms. The third-order valence-electron chi connectivity index (χ3n) is 3.41. The van der Waals surface area contributed by atoms with Gasteiger partial charge < -0.3 is 15.4 Å². The molecule has 2 rings (SSSR count). The number of rotatable bonds is 6. The number of nitrogens with zero attached hydrogens (tertiary/aromatic N) is 1. The fourth-order valence-electron chi connectivity index (χ4n) is 2.18.